The zero-order chi connectivity index (χ0) is 20.5. The Balaban J connectivity index is 1.74. The number of aryl methyl sites for hydroxylation is 1. The maximum atomic E-state index is 13.0. The zero-order valence-electron chi connectivity index (χ0n) is 16.3. The highest BCUT2D eigenvalue weighted by atomic mass is 32.1. The summed E-state index contributed by atoms with van der Waals surface area (Å²) in [6, 6.07) is 2.04. The summed E-state index contributed by atoms with van der Waals surface area (Å²) in [5.41, 5.74) is 1.44. The molecule has 10 heteroatoms. The van der Waals surface area contributed by atoms with Gasteiger partial charge in [-0.1, -0.05) is 0 Å². The molecule has 4 aromatic heterocycles. The average molecular weight is 429 g/mol. The molecule has 0 saturated carbocycles. The van der Waals surface area contributed by atoms with Gasteiger partial charge in [-0.25, -0.2) is 15.0 Å². The van der Waals surface area contributed by atoms with E-state index in [0.29, 0.717) is 15.3 Å². The Labute approximate surface area is 174 Å². The van der Waals surface area contributed by atoms with Gasteiger partial charge in [0.25, 0.3) is 5.56 Å². The Morgan fingerprint density at radius 1 is 1.28 bits per heavy atom. The van der Waals surface area contributed by atoms with Gasteiger partial charge in [-0.15, -0.1) is 22.7 Å². The number of carbonyl (C=O) groups excluding carboxylic acids is 1. The minimum absolute atomic E-state index is 0.118. The van der Waals surface area contributed by atoms with E-state index in [1.807, 2.05) is 13.0 Å². The minimum atomic E-state index is -0.317. The van der Waals surface area contributed by atoms with E-state index in [9.17, 15) is 9.59 Å². The standard InChI is InChI=1S/C19H20N6O2S2/c1-4-24(5-2)12-8-11(3)14-15-16(29-17(14)22-12)18(27)25(10-21-15)9-13(26)23-19-20-6-7-28-19/h6-8,10H,4-5,9H2,1-3H3,(H,20,23,26). The maximum Gasteiger partial charge on any atom is 0.271 e. The molecular weight excluding hydrogens is 408 g/mol. The Hall–Kier alpha value is -2.85. The first-order valence-electron chi connectivity index (χ1n) is 9.25. The van der Waals surface area contributed by atoms with Gasteiger partial charge in [-0.3, -0.25) is 14.2 Å². The van der Waals surface area contributed by atoms with E-state index in [0.717, 1.165) is 34.7 Å². The minimum Gasteiger partial charge on any atom is -0.357 e. The van der Waals surface area contributed by atoms with Crippen molar-refractivity contribution >= 4 is 60.0 Å². The third-order valence-electron chi connectivity index (χ3n) is 4.68. The van der Waals surface area contributed by atoms with Gasteiger partial charge in [-0.05, 0) is 32.4 Å². The lowest BCUT2D eigenvalue weighted by Gasteiger charge is -2.20. The number of thiophene rings is 1. The van der Waals surface area contributed by atoms with E-state index in [-0.39, 0.29) is 18.0 Å². The van der Waals surface area contributed by atoms with Gasteiger partial charge in [0, 0.05) is 30.1 Å². The monoisotopic (exact) mass is 428 g/mol. The lowest BCUT2D eigenvalue weighted by molar-refractivity contribution is -0.116. The summed E-state index contributed by atoms with van der Waals surface area (Å²) in [5.74, 6) is 0.581. The molecular formula is C19H20N6O2S2. The predicted molar refractivity (Wildman–Crippen MR) is 118 cm³/mol. The number of nitrogens with one attached hydrogen (secondary N) is 1. The van der Waals surface area contributed by atoms with Gasteiger partial charge in [0.2, 0.25) is 5.91 Å². The smallest absolute Gasteiger partial charge is 0.271 e. The third kappa shape index (κ3) is 3.60. The van der Waals surface area contributed by atoms with Crippen molar-refractivity contribution in [3.05, 3.63) is 39.9 Å². The molecule has 150 valence electrons. The topological polar surface area (TPSA) is 93.0 Å². The molecule has 0 saturated heterocycles. The summed E-state index contributed by atoms with van der Waals surface area (Å²) in [6.45, 7) is 7.79. The molecule has 4 rings (SSSR count). The zero-order valence-corrected chi connectivity index (χ0v) is 17.9. The van der Waals surface area contributed by atoms with E-state index in [4.69, 9.17) is 4.98 Å². The molecule has 1 N–H and O–H groups in total. The molecule has 0 fully saturated rings. The first kappa shape index (κ1) is 19.5. The van der Waals surface area contributed by atoms with Crippen LogP contribution in [0.25, 0.3) is 20.4 Å². The van der Waals surface area contributed by atoms with Crippen molar-refractivity contribution in [2.24, 2.45) is 0 Å². The van der Waals surface area contributed by atoms with Crippen molar-refractivity contribution in [2.45, 2.75) is 27.3 Å². The number of anilines is 2. The molecule has 0 aliphatic carbocycles. The summed E-state index contributed by atoms with van der Waals surface area (Å²) >= 11 is 2.65. The van der Waals surface area contributed by atoms with Crippen molar-refractivity contribution in [3.8, 4) is 0 Å². The van der Waals surface area contributed by atoms with Crippen LogP contribution in [-0.4, -0.2) is 38.5 Å². The number of pyridine rings is 1. The van der Waals surface area contributed by atoms with Gasteiger partial charge in [0.1, 0.15) is 21.9 Å². The molecule has 0 bridgehead atoms. The van der Waals surface area contributed by atoms with E-state index in [1.165, 1.54) is 33.6 Å². The molecule has 0 spiro atoms. The van der Waals surface area contributed by atoms with Crippen LogP contribution in [0.15, 0.2) is 28.8 Å². The van der Waals surface area contributed by atoms with Crippen molar-refractivity contribution in [2.75, 3.05) is 23.3 Å². The number of rotatable bonds is 6. The predicted octanol–water partition coefficient (Wildman–Crippen LogP) is 3.26. The number of hydrogen-bond acceptors (Lipinski definition) is 8. The molecule has 0 aliphatic heterocycles. The number of thiazole rings is 1. The Morgan fingerprint density at radius 3 is 2.76 bits per heavy atom. The molecule has 0 aromatic carbocycles. The molecule has 0 radical (unpaired) electrons. The summed E-state index contributed by atoms with van der Waals surface area (Å²) in [4.78, 5) is 41.4. The van der Waals surface area contributed by atoms with Gasteiger partial charge < -0.3 is 10.2 Å². The van der Waals surface area contributed by atoms with Crippen LogP contribution >= 0.6 is 22.7 Å². The van der Waals surface area contributed by atoms with Crippen molar-refractivity contribution in [1.29, 1.82) is 0 Å². The first-order chi connectivity index (χ1) is 14.0. The van der Waals surface area contributed by atoms with E-state index < -0.39 is 0 Å². The number of hydrogen-bond donors (Lipinski definition) is 1. The van der Waals surface area contributed by atoms with E-state index in [2.05, 4.69) is 34.0 Å². The average Bonchev–Trinajstić information content (AvgIpc) is 3.33. The fourth-order valence-corrected chi connectivity index (χ4v) is 4.94. The van der Waals surface area contributed by atoms with Crippen LogP contribution in [-0.2, 0) is 11.3 Å². The molecule has 8 nitrogen and oxygen atoms in total. The summed E-state index contributed by atoms with van der Waals surface area (Å²) in [5, 5.41) is 5.86. The molecule has 0 aliphatic rings. The summed E-state index contributed by atoms with van der Waals surface area (Å²) in [6.07, 6.45) is 3.04. The van der Waals surface area contributed by atoms with Crippen LogP contribution in [0.3, 0.4) is 0 Å². The SMILES string of the molecule is CCN(CC)c1cc(C)c2c(n1)sc1c(=O)n(CC(=O)Nc3nccs3)cnc12. The Kier molecular flexibility index (Phi) is 5.29. The van der Waals surface area contributed by atoms with E-state index in [1.54, 1.807) is 11.6 Å². The lowest BCUT2D eigenvalue weighted by atomic mass is 10.2. The second-order valence-corrected chi connectivity index (χ2v) is 8.39. The normalized spacial score (nSPS) is 11.3. The molecule has 4 heterocycles. The third-order valence-corrected chi connectivity index (χ3v) is 6.43. The second kappa shape index (κ2) is 7.88. The number of nitrogens with zero attached hydrogens (tertiary/aromatic N) is 5. The first-order valence-corrected chi connectivity index (χ1v) is 10.9. The molecule has 0 atom stereocenters. The largest absolute Gasteiger partial charge is 0.357 e. The number of fused-ring (bicyclic) bond motifs is 3. The van der Waals surface area contributed by atoms with Gasteiger partial charge in [-0.2, -0.15) is 0 Å². The molecule has 1 amide bonds. The Morgan fingerprint density at radius 2 is 2.07 bits per heavy atom. The van der Waals surface area contributed by atoms with Crippen molar-refractivity contribution in [1.82, 2.24) is 19.5 Å². The van der Waals surface area contributed by atoms with Gasteiger partial charge in [0.15, 0.2) is 5.13 Å². The quantitative estimate of drug-likeness (QED) is 0.507. The number of aromatic nitrogens is 4. The van der Waals surface area contributed by atoms with Gasteiger partial charge in [0.05, 0.1) is 11.8 Å². The number of carbonyl (C=O) groups is 1. The van der Waals surface area contributed by atoms with Gasteiger partial charge >= 0.3 is 0 Å². The highest BCUT2D eigenvalue weighted by molar-refractivity contribution is 7.25. The second-order valence-electron chi connectivity index (χ2n) is 6.49. The van der Waals surface area contributed by atoms with Crippen molar-refractivity contribution < 1.29 is 4.79 Å². The van der Waals surface area contributed by atoms with Crippen LogP contribution < -0.4 is 15.8 Å². The van der Waals surface area contributed by atoms with Crippen LogP contribution in [0.4, 0.5) is 10.9 Å². The molecule has 0 unspecified atom stereocenters. The summed E-state index contributed by atoms with van der Waals surface area (Å²) < 4.78 is 1.83. The highest BCUT2D eigenvalue weighted by Crippen LogP contribution is 2.33. The van der Waals surface area contributed by atoms with Crippen molar-refractivity contribution in [3.63, 3.8) is 0 Å². The summed E-state index contributed by atoms with van der Waals surface area (Å²) in [7, 11) is 0. The molecule has 29 heavy (non-hydrogen) atoms. The van der Waals surface area contributed by atoms with Crippen LogP contribution in [0.2, 0.25) is 0 Å². The fourth-order valence-electron chi connectivity index (χ4n) is 3.25. The lowest BCUT2D eigenvalue weighted by Crippen LogP contribution is -2.27. The maximum absolute atomic E-state index is 13.0. The van der Waals surface area contributed by atoms with Crippen LogP contribution in [0.5, 0.6) is 0 Å². The Bertz CT molecular complexity index is 1240. The van der Waals surface area contributed by atoms with Crippen LogP contribution in [0.1, 0.15) is 19.4 Å². The van der Waals surface area contributed by atoms with E-state index >= 15 is 0 Å². The number of amides is 1. The molecule has 4 aromatic rings. The van der Waals surface area contributed by atoms with Crippen LogP contribution in [0, 0.1) is 6.92 Å². The highest BCUT2D eigenvalue weighted by Gasteiger charge is 2.17. The fraction of sp³-hybridized carbons (Fsp3) is 0.316.